The van der Waals surface area contributed by atoms with Gasteiger partial charge in [-0.1, -0.05) is 12.1 Å². The van der Waals surface area contributed by atoms with Crippen LogP contribution in [0.2, 0.25) is 0 Å². The van der Waals surface area contributed by atoms with E-state index in [2.05, 4.69) is 20.4 Å². The lowest BCUT2D eigenvalue weighted by Gasteiger charge is -2.33. The summed E-state index contributed by atoms with van der Waals surface area (Å²) in [4.78, 5) is 34.3. The summed E-state index contributed by atoms with van der Waals surface area (Å²) in [5.41, 5.74) is 1.96. The normalized spacial score (nSPS) is 14.4. The maximum Gasteiger partial charge on any atom is 0.273 e. The molecule has 1 amide bonds. The molecule has 3 aromatic rings. The van der Waals surface area contributed by atoms with Crippen molar-refractivity contribution in [3.05, 3.63) is 63.7 Å². The van der Waals surface area contributed by atoms with Gasteiger partial charge in [0.05, 0.1) is 4.92 Å². The lowest BCUT2D eigenvalue weighted by Crippen LogP contribution is -2.45. The van der Waals surface area contributed by atoms with Crippen LogP contribution in [0.4, 0.5) is 11.5 Å². The topological polar surface area (TPSA) is 127 Å². The summed E-state index contributed by atoms with van der Waals surface area (Å²) in [5, 5.41) is 17.7. The molecule has 0 aliphatic carbocycles. The van der Waals surface area contributed by atoms with Crippen molar-refractivity contribution in [3.8, 4) is 11.4 Å². The first-order valence-corrected chi connectivity index (χ1v) is 10.5. The molecule has 1 saturated heterocycles. The van der Waals surface area contributed by atoms with Crippen molar-refractivity contribution in [2.24, 2.45) is 0 Å². The molecule has 0 atom stereocenters. The average Bonchev–Trinajstić information content (AvgIpc) is 3.25. The Balaban J connectivity index is 1.45. The molecule has 10 nitrogen and oxygen atoms in total. The predicted octanol–water partition coefficient (Wildman–Crippen LogP) is 3.31. The van der Waals surface area contributed by atoms with Crippen LogP contribution in [0, 0.1) is 17.0 Å². The highest BCUT2D eigenvalue weighted by Gasteiger charge is 2.24. The summed E-state index contributed by atoms with van der Waals surface area (Å²) in [6, 6.07) is 9.91. The van der Waals surface area contributed by atoms with E-state index in [0.29, 0.717) is 17.3 Å². The Morgan fingerprint density at radius 1 is 1.22 bits per heavy atom. The zero-order chi connectivity index (χ0) is 22.7. The van der Waals surface area contributed by atoms with E-state index in [1.54, 1.807) is 25.1 Å². The van der Waals surface area contributed by atoms with Crippen LogP contribution >= 0.6 is 0 Å². The smallest absolute Gasteiger partial charge is 0.273 e. The molecule has 166 valence electrons. The number of nitro groups is 1. The van der Waals surface area contributed by atoms with Crippen molar-refractivity contribution in [2.45, 2.75) is 39.2 Å². The van der Waals surface area contributed by atoms with Gasteiger partial charge >= 0.3 is 0 Å². The third-order valence-electron chi connectivity index (χ3n) is 5.48. The zero-order valence-corrected chi connectivity index (χ0v) is 17.9. The Morgan fingerprint density at radius 2 is 1.94 bits per heavy atom. The van der Waals surface area contributed by atoms with Crippen LogP contribution < -0.4 is 10.2 Å². The van der Waals surface area contributed by atoms with Crippen LogP contribution in [0.1, 0.15) is 41.7 Å². The molecule has 0 bridgehead atoms. The number of hydrogen-bond acceptors (Lipinski definition) is 8. The van der Waals surface area contributed by atoms with Gasteiger partial charge in [-0.2, -0.15) is 0 Å². The molecule has 1 aliphatic rings. The third kappa shape index (κ3) is 4.74. The van der Waals surface area contributed by atoms with Crippen LogP contribution in [0.3, 0.4) is 0 Å². The number of piperidine rings is 1. The number of carbonyl (C=O) groups is 1. The molecular weight excluding hydrogens is 412 g/mol. The van der Waals surface area contributed by atoms with E-state index in [9.17, 15) is 14.9 Å². The second-order valence-electron chi connectivity index (χ2n) is 7.76. The highest BCUT2D eigenvalue weighted by atomic mass is 16.6. The van der Waals surface area contributed by atoms with Crippen molar-refractivity contribution >= 4 is 17.4 Å². The van der Waals surface area contributed by atoms with Crippen molar-refractivity contribution in [1.29, 1.82) is 0 Å². The fourth-order valence-electron chi connectivity index (χ4n) is 3.67. The molecular formula is C22H24N6O4. The minimum Gasteiger partial charge on any atom is -0.361 e. The molecule has 0 unspecified atom stereocenters. The number of hydrogen-bond donors (Lipinski definition) is 1. The molecule has 2 aromatic heterocycles. The van der Waals surface area contributed by atoms with Crippen LogP contribution in [0.5, 0.6) is 0 Å². The third-order valence-corrected chi connectivity index (χ3v) is 5.48. The standard InChI is InChI=1S/C22H24N6O4/c1-3-16-13-20(25-21(23-16)15-4-6-18(7-5-15)28(30)31)27-10-8-17(9-11-27)24-22(29)19-12-14(2)32-26-19/h4-7,12-13,17H,3,8-11H2,1-2H3,(H,24,29). The van der Waals surface area contributed by atoms with Crippen LogP contribution in [0.15, 0.2) is 40.9 Å². The quantitative estimate of drug-likeness (QED) is 0.460. The Labute approximate surface area is 184 Å². The number of carbonyl (C=O) groups excluding carboxylic acids is 1. The predicted molar refractivity (Wildman–Crippen MR) is 117 cm³/mol. The van der Waals surface area contributed by atoms with Gasteiger partial charge in [0.25, 0.3) is 11.6 Å². The number of nitrogens with one attached hydrogen (secondary N) is 1. The van der Waals surface area contributed by atoms with Gasteiger partial charge < -0.3 is 14.7 Å². The number of nitrogens with zero attached hydrogens (tertiary/aromatic N) is 5. The second-order valence-corrected chi connectivity index (χ2v) is 7.76. The van der Waals surface area contributed by atoms with E-state index in [1.807, 2.05) is 13.0 Å². The molecule has 10 heteroatoms. The number of aromatic nitrogens is 3. The highest BCUT2D eigenvalue weighted by Crippen LogP contribution is 2.25. The van der Waals surface area contributed by atoms with Gasteiger partial charge in [0.15, 0.2) is 11.5 Å². The summed E-state index contributed by atoms with van der Waals surface area (Å²) in [6.45, 7) is 5.25. The summed E-state index contributed by atoms with van der Waals surface area (Å²) in [5.74, 6) is 1.74. The number of aryl methyl sites for hydroxylation is 2. The monoisotopic (exact) mass is 436 g/mol. The molecule has 0 radical (unpaired) electrons. The lowest BCUT2D eigenvalue weighted by molar-refractivity contribution is -0.384. The zero-order valence-electron chi connectivity index (χ0n) is 17.9. The van der Waals surface area contributed by atoms with Crippen LogP contribution in [-0.4, -0.2) is 45.1 Å². The van der Waals surface area contributed by atoms with E-state index in [4.69, 9.17) is 9.51 Å². The number of anilines is 1. The maximum absolute atomic E-state index is 12.3. The number of amides is 1. The second kappa shape index (κ2) is 9.13. The van der Waals surface area contributed by atoms with Gasteiger partial charge in [0, 0.05) is 54.7 Å². The van der Waals surface area contributed by atoms with E-state index >= 15 is 0 Å². The molecule has 1 fully saturated rings. The average molecular weight is 436 g/mol. The molecule has 0 spiro atoms. The van der Waals surface area contributed by atoms with Gasteiger partial charge in [0.2, 0.25) is 0 Å². The van der Waals surface area contributed by atoms with Crippen molar-refractivity contribution in [1.82, 2.24) is 20.4 Å². The number of rotatable bonds is 6. The van der Waals surface area contributed by atoms with E-state index in [0.717, 1.165) is 49.4 Å². The number of benzene rings is 1. The van der Waals surface area contributed by atoms with Crippen molar-refractivity contribution in [2.75, 3.05) is 18.0 Å². The SMILES string of the molecule is CCc1cc(N2CCC(NC(=O)c3cc(C)on3)CC2)nc(-c2ccc([N+](=O)[O-])cc2)n1. The van der Waals surface area contributed by atoms with E-state index < -0.39 is 4.92 Å². The fourth-order valence-corrected chi connectivity index (χ4v) is 3.67. The molecule has 32 heavy (non-hydrogen) atoms. The largest absolute Gasteiger partial charge is 0.361 e. The summed E-state index contributed by atoms with van der Waals surface area (Å²) in [7, 11) is 0. The van der Waals surface area contributed by atoms with Gasteiger partial charge in [-0.05, 0) is 38.3 Å². The molecule has 3 heterocycles. The van der Waals surface area contributed by atoms with Crippen LogP contribution in [-0.2, 0) is 6.42 Å². The van der Waals surface area contributed by atoms with Crippen molar-refractivity contribution < 1.29 is 14.2 Å². The summed E-state index contributed by atoms with van der Waals surface area (Å²) < 4.78 is 4.97. The first kappa shape index (κ1) is 21.4. The highest BCUT2D eigenvalue weighted by molar-refractivity contribution is 5.92. The van der Waals surface area contributed by atoms with Gasteiger partial charge in [-0.15, -0.1) is 0 Å². The summed E-state index contributed by atoms with van der Waals surface area (Å²) >= 11 is 0. The van der Waals surface area contributed by atoms with Gasteiger partial charge in [-0.25, -0.2) is 9.97 Å². The molecule has 0 saturated carbocycles. The number of nitro benzene ring substituents is 1. The van der Waals surface area contributed by atoms with E-state index in [-0.39, 0.29) is 17.6 Å². The first-order valence-electron chi connectivity index (χ1n) is 10.5. The Kier molecular flexibility index (Phi) is 6.11. The van der Waals surface area contributed by atoms with E-state index in [1.165, 1.54) is 12.1 Å². The first-order chi connectivity index (χ1) is 15.4. The molecule has 1 aromatic carbocycles. The number of non-ortho nitro benzene ring substituents is 1. The summed E-state index contributed by atoms with van der Waals surface area (Å²) in [6.07, 6.45) is 2.31. The minimum absolute atomic E-state index is 0.0329. The Bertz CT molecular complexity index is 1120. The van der Waals surface area contributed by atoms with Crippen LogP contribution in [0.25, 0.3) is 11.4 Å². The Hall–Kier alpha value is -3.82. The molecule has 4 rings (SSSR count). The lowest BCUT2D eigenvalue weighted by atomic mass is 10.0. The maximum atomic E-state index is 12.3. The minimum atomic E-state index is -0.425. The molecule has 1 N–H and O–H groups in total. The fraction of sp³-hybridized carbons (Fsp3) is 0.364. The van der Waals surface area contributed by atoms with Gasteiger partial charge in [0.1, 0.15) is 11.6 Å². The van der Waals surface area contributed by atoms with Crippen molar-refractivity contribution in [3.63, 3.8) is 0 Å². The Morgan fingerprint density at radius 3 is 2.53 bits per heavy atom. The van der Waals surface area contributed by atoms with Gasteiger partial charge in [-0.3, -0.25) is 14.9 Å². The molecule has 1 aliphatic heterocycles.